The quantitative estimate of drug-likeness (QED) is 0.338. The summed E-state index contributed by atoms with van der Waals surface area (Å²) >= 11 is 4.22. The molecule has 1 aromatic heterocycles. The summed E-state index contributed by atoms with van der Waals surface area (Å²) in [5.74, 6) is 0.935. The lowest BCUT2D eigenvalue weighted by Gasteiger charge is -2.22. The summed E-state index contributed by atoms with van der Waals surface area (Å²) in [5, 5.41) is 6.90. The van der Waals surface area contributed by atoms with Crippen molar-refractivity contribution in [1.29, 1.82) is 0 Å². The summed E-state index contributed by atoms with van der Waals surface area (Å²) in [6.45, 7) is 3.83. The molecule has 4 nitrogen and oxygen atoms in total. The highest BCUT2D eigenvalue weighted by molar-refractivity contribution is 14.1. The van der Waals surface area contributed by atoms with Crippen LogP contribution in [0.2, 0.25) is 0 Å². The van der Waals surface area contributed by atoms with Gasteiger partial charge in [-0.1, -0.05) is 0 Å². The maximum Gasteiger partial charge on any atom is 0.191 e. The lowest BCUT2D eigenvalue weighted by atomic mass is 9.96. The number of hydrogen-bond acceptors (Lipinski definition) is 3. The smallest absolute Gasteiger partial charge is 0.191 e. The van der Waals surface area contributed by atoms with Gasteiger partial charge >= 0.3 is 0 Å². The molecule has 0 saturated carbocycles. The average Bonchev–Trinajstić information content (AvgIpc) is 3.16. The monoisotopic (exact) mass is 547 g/mol. The van der Waals surface area contributed by atoms with Gasteiger partial charge < -0.3 is 15.4 Å². The summed E-state index contributed by atoms with van der Waals surface area (Å²) in [4.78, 5) is 6.11. The van der Waals surface area contributed by atoms with E-state index in [-0.39, 0.29) is 24.0 Å². The zero-order valence-electron chi connectivity index (χ0n) is 12.7. The fraction of sp³-hybridized carbons (Fsp3) is 0.667. The van der Waals surface area contributed by atoms with E-state index >= 15 is 0 Å². The predicted octanol–water partition coefficient (Wildman–Crippen LogP) is 3.39. The number of guanidine groups is 1. The van der Waals surface area contributed by atoms with Gasteiger partial charge in [-0.25, -0.2) is 0 Å². The number of aliphatic imine (C=N–C) groups is 1. The molecular weight excluding hydrogens is 524 g/mol. The number of ether oxygens (including phenoxy) is 1. The van der Waals surface area contributed by atoms with Gasteiger partial charge in [-0.05, 0) is 60.9 Å². The highest BCUT2D eigenvalue weighted by Crippen LogP contribution is 2.34. The van der Waals surface area contributed by atoms with Crippen molar-refractivity contribution in [3.63, 3.8) is 0 Å². The molecule has 3 unspecified atom stereocenters. The first kappa shape index (κ1) is 18.7. The van der Waals surface area contributed by atoms with E-state index in [0.717, 1.165) is 31.9 Å². The minimum Gasteiger partial charge on any atom is -0.373 e. The van der Waals surface area contributed by atoms with E-state index in [0.29, 0.717) is 18.2 Å². The van der Waals surface area contributed by atoms with Gasteiger partial charge in [0.2, 0.25) is 0 Å². The average molecular weight is 547 g/mol. The van der Waals surface area contributed by atoms with Gasteiger partial charge in [0.1, 0.15) is 0 Å². The minimum absolute atomic E-state index is 0. The Bertz CT molecular complexity index is 509. The van der Waals surface area contributed by atoms with Crippen LogP contribution in [0.25, 0.3) is 0 Å². The molecule has 0 radical (unpaired) electrons. The van der Waals surface area contributed by atoms with Crippen LogP contribution in [0.4, 0.5) is 0 Å². The first-order chi connectivity index (χ1) is 10.2. The molecule has 124 valence electrons. The topological polar surface area (TPSA) is 45.7 Å². The summed E-state index contributed by atoms with van der Waals surface area (Å²) in [6, 6.07) is 4.80. The molecule has 3 rings (SSSR count). The van der Waals surface area contributed by atoms with Gasteiger partial charge in [0.15, 0.2) is 5.96 Å². The highest BCUT2D eigenvalue weighted by Gasteiger charge is 2.41. The van der Waals surface area contributed by atoms with Crippen molar-refractivity contribution >= 4 is 63.9 Å². The molecule has 2 bridgehead atoms. The lowest BCUT2D eigenvalue weighted by molar-refractivity contribution is 0.0992. The van der Waals surface area contributed by atoms with Crippen LogP contribution in [-0.4, -0.2) is 37.3 Å². The molecule has 0 aromatic carbocycles. The first-order valence-electron chi connectivity index (χ1n) is 7.69. The van der Waals surface area contributed by atoms with Crippen molar-refractivity contribution in [1.82, 2.24) is 10.6 Å². The van der Waals surface area contributed by atoms with Gasteiger partial charge in [0, 0.05) is 24.4 Å². The van der Waals surface area contributed by atoms with Gasteiger partial charge in [-0.3, -0.25) is 4.99 Å². The van der Waals surface area contributed by atoms with Crippen LogP contribution in [0.15, 0.2) is 17.1 Å². The van der Waals surface area contributed by atoms with Gasteiger partial charge in [-0.15, -0.1) is 35.3 Å². The van der Waals surface area contributed by atoms with Crippen molar-refractivity contribution in [2.24, 2.45) is 4.99 Å². The fourth-order valence-electron chi connectivity index (χ4n) is 3.05. The number of rotatable bonds is 5. The summed E-state index contributed by atoms with van der Waals surface area (Å²) in [5.41, 5.74) is 0. The van der Waals surface area contributed by atoms with Crippen molar-refractivity contribution < 1.29 is 4.74 Å². The Morgan fingerprint density at radius 3 is 2.91 bits per heavy atom. The van der Waals surface area contributed by atoms with Crippen molar-refractivity contribution in [2.45, 2.75) is 50.9 Å². The van der Waals surface area contributed by atoms with Crippen LogP contribution in [0.3, 0.4) is 0 Å². The third kappa shape index (κ3) is 4.94. The van der Waals surface area contributed by atoms with Crippen LogP contribution in [-0.2, 0) is 11.2 Å². The summed E-state index contributed by atoms with van der Waals surface area (Å²) in [7, 11) is 0. The van der Waals surface area contributed by atoms with E-state index in [1.54, 1.807) is 0 Å². The molecule has 0 amide bonds. The normalized spacial score (nSPS) is 26.8. The fourth-order valence-corrected chi connectivity index (χ4v) is 4.79. The molecule has 2 aliphatic heterocycles. The third-order valence-electron chi connectivity index (χ3n) is 4.03. The Kier molecular flexibility index (Phi) is 7.68. The second-order valence-electron chi connectivity index (χ2n) is 5.58. The van der Waals surface area contributed by atoms with E-state index in [1.807, 2.05) is 11.3 Å². The molecule has 1 aromatic rings. The molecule has 2 N–H and O–H groups in total. The molecule has 3 heterocycles. The van der Waals surface area contributed by atoms with E-state index in [1.165, 1.54) is 20.6 Å². The maximum atomic E-state index is 5.90. The number of fused-ring (bicyclic) bond motifs is 2. The van der Waals surface area contributed by atoms with E-state index in [9.17, 15) is 0 Å². The molecule has 2 saturated heterocycles. The Balaban J connectivity index is 0.00000176. The van der Waals surface area contributed by atoms with Crippen molar-refractivity contribution in [2.75, 3.05) is 13.1 Å². The zero-order valence-corrected chi connectivity index (χ0v) is 18.0. The van der Waals surface area contributed by atoms with Crippen LogP contribution >= 0.6 is 57.9 Å². The van der Waals surface area contributed by atoms with Crippen molar-refractivity contribution in [3.8, 4) is 0 Å². The van der Waals surface area contributed by atoms with Gasteiger partial charge in [0.25, 0.3) is 0 Å². The molecular formula is C15H23I2N3OS. The van der Waals surface area contributed by atoms with Crippen LogP contribution in [0.5, 0.6) is 0 Å². The lowest BCUT2D eigenvalue weighted by Crippen LogP contribution is -2.47. The maximum absolute atomic E-state index is 5.90. The molecule has 7 heteroatoms. The molecule has 0 spiro atoms. The largest absolute Gasteiger partial charge is 0.373 e. The Hall–Kier alpha value is 0.390. The van der Waals surface area contributed by atoms with E-state index in [4.69, 9.17) is 9.73 Å². The molecule has 3 atom stereocenters. The van der Waals surface area contributed by atoms with Crippen molar-refractivity contribution in [3.05, 3.63) is 19.9 Å². The van der Waals surface area contributed by atoms with Gasteiger partial charge in [-0.2, -0.15) is 0 Å². The van der Waals surface area contributed by atoms with E-state index in [2.05, 4.69) is 52.3 Å². The Morgan fingerprint density at radius 2 is 2.32 bits per heavy atom. The van der Waals surface area contributed by atoms with E-state index < -0.39 is 0 Å². The SMILES string of the molecule is CCNC(=NCCc1ccc(I)s1)NC1CC2CCC1O2.I. The molecule has 0 aliphatic carbocycles. The summed E-state index contributed by atoms with van der Waals surface area (Å²) in [6.07, 6.45) is 5.42. The van der Waals surface area contributed by atoms with Crippen LogP contribution in [0, 0.1) is 2.88 Å². The highest BCUT2D eigenvalue weighted by atomic mass is 127. The number of nitrogens with zero attached hydrogens (tertiary/aromatic N) is 1. The number of hydrogen-bond donors (Lipinski definition) is 2. The Labute approximate surface area is 167 Å². The number of halogens is 2. The second-order valence-corrected chi connectivity index (χ2v) is 8.64. The number of nitrogens with one attached hydrogen (secondary N) is 2. The second kappa shape index (κ2) is 9.03. The molecule has 2 aliphatic rings. The Morgan fingerprint density at radius 1 is 1.45 bits per heavy atom. The zero-order chi connectivity index (χ0) is 14.7. The minimum atomic E-state index is 0. The predicted molar refractivity (Wildman–Crippen MR) is 112 cm³/mol. The summed E-state index contributed by atoms with van der Waals surface area (Å²) < 4.78 is 7.24. The van der Waals surface area contributed by atoms with Crippen LogP contribution < -0.4 is 10.6 Å². The first-order valence-corrected chi connectivity index (χ1v) is 9.58. The van der Waals surface area contributed by atoms with Gasteiger partial charge in [0.05, 0.1) is 21.1 Å². The molecule has 22 heavy (non-hydrogen) atoms. The standard InChI is InChI=1S/C15H22IN3OS.HI/c1-2-17-15(18-8-7-11-4-6-14(16)21-11)19-12-9-10-3-5-13(12)20-10;/h4,6,10,12-13H,2-3,5,7-9H2,1H3,(H2,17,18,19);1H. The third-order valence-corrected chi connectivity index (χ3v) is 5.98. The molecule has 2 fully saturated rings. The number of thiophene rings is 1. The van der Waals surface area contributed by atoms with Crippen LogP contribution in [0.1, 0.15) is 31.1 Å².